The Kier molecular flexibility index (Phi) is 9.84. The summed E-state index contributed by atoms with van der Waals surface area (Å²) in [6.45, 7) is 0. The van der Waals surface area contributed by atoms with E-state index in [-0.39, 0.29) is 11.1 Å². The highest BCUT2D eigenvalue weighted by Crippen LogP contribution is 2.27. The summed E-state index contributed by atoms with van der Waals surface area (Å²) in [6.07, 6.45) is 0. The van der Waals surface area contributed by atoms with E-state index in [4.69, 9.17) is 0 Å². The minimum Gasteiger partial charge on any atom is -0.317 e. The molecule has 8 nitrogen and oxygen atoms in total. The van der Waals surface area contributed by atoms with Crippen LogP contribution in [0.2, 0.25) is 0 Å². The van der Waals surface area contributed by atoms with Crippen molar-refractivity contribution in [1.29, 1.82) is 0 Å². The SMILES string of the molecule is Brc1cccc(-c2ccccc2)c1.O=c1[nH]c2ccccc2n2c1nc1ccccc12.O=c1c2nc3ccccc3n2c2ccccc2n1-c1cccc(-c2ccccc2)c1. The Labute approximate surface area is 357 Å². The van der Waals surface area contributed by atoms with Crippen molar-refractivity contribution in [3.05, 3.63) is 231 Å². The summed E-state index contributed by atoms with van der Waals surface area (Å²) in [7, 11) is 0. The molecule has 0 fully saturated rings. The molecule has 0 unspecified atom stereocenters. The first-order chi connectivity index (χ1) is 30.0. The first-order valence-corrected chi connectivity index (χ1v) is 20.6. The molecule has 8 aromatic carbocycles. The zero-order valence-electron chi connectivity index (χ0n) is 32.6. The van der Waals surface area contributed by atoms with E-state index in [0.717, 1.165) is 65.4 Å². The smallest absolute Gasteiger partial charge is 0.299 e. The molecule has 4 heterocycles. The van der Waals surface area contributed by atoms with E-state index >= 15 is 0 Å². The molecule has 9 heteroatoms. The maximum Gasteiger partial charge on any atom is 0.299 e. The first kappa shape index (κ1) is 37.4. The van der Waals surface area contributed by atoms with Crippen LogP contribution in [0, 0.1) is 0 Å². The molecule has 1 N–H and O–H groups in total. The lowest BCUT2D eigenvalue weighted by Crippen LogP contribution is -2.21. The van der Waals surface area contributed by atoms with Crippen LogP contribution >= 0.6 is 15.9 Å². The molecule has 12 rings (SSSR count). The van der Waals surface area contributed by atoms with Gasteiger partial charge >= 0.3 is 0 Å². The van der Waals surface area contributed by atoms with Gasteiger partial charge in [-0.15, -0.1) is 0 Å². The fourth-order valence-electron chi connectivity index (χ4n) is 7.85. The number of nitrogens with one attached hydrogen (secondary N) is 1. The number of hydrogen-bond acceptors (Lipinski definition) is 4. The lowest BCUT2D eigenvalue weighted by atomic mass is 10.1. The Bertz CT molecular complexity index is 3670. The van der Waals surface area contributed by atoms with Gasteiger partial charge in [-0.25, -0.2) is 9.97 Å². The van der Waals surface area contributed by atoms with Gasteiger partial charge in [0.1, 0.15) is 0 Å². The second kappa shape index (κ2) is 16.1. The Hall–Kier alpha value is -7.88. The predicted molar refractivity (Wildman–Crippen MR) is 252 cm³/mol. The fourth-order valence-corrected chi connectivity index (χ4v) is 8.25. The van der Waals surface area contributed by atoms with Crippen LogP contribution in [0.15, 0.2) is 220 Å². The molecule has 0 radical (unpaired) electrons. The summed E-state index contributed by atoms with van der Waals surface area (Å²) in [5.41, 5.74) is 13.2. The predicted octanol–water partition coefficient (Wildman–Crippen LogP) is 11.9. The summed E-state index contributed by atoms with van der Waals surface area (Å²) in [5, 5.41) is 0. The molecule has 12 aromatic rings. The summed E-state index contributed by atoms with van der Waals surface area (Å²) in [6, 6.07) is 68.3. The van der Waals surface area contributed by atoms with Gasteiger partial charge in [0.15, 0.2) is 0 Å². The summed E-state index contributed by atoms with van der Waals surface area (Å²) in [5.74, 6) is 0. The van der Waals surface area contributed by atoms with E-state index < -0.39 is 0 Å². The zero-order chi connectivity index (χ0) is 41.3. The van der Waals surface area contributed by atoms with E-state index in [9.17, 15) is 9.59 Å². The molecule has 0 atom stereocenters. The number of rotatable bonds is 3. The lowest BCUT2D eigenvalue weighted by Gasteiger charge is -2.13. The van der Waals surface area contributed by atoms with Crippen LogP contribution < -0.4 is 11.1 Å². The van der Waals surface area contributed by atoms with Crippen molar-refractivity contribution < 1.29 is 0 Å². The molecular formula is C52H35BrN6O2. The van der Waals surface area contributed by atoms with Crippen LogP contribution in [-0.4, -0.2) is 28.3 Å². The van der Waals surface area contributed by atoms with Crippen LogP contribution in [0.25, 0.3) is 83.4 Å². The number of fused-ring (bicyclic) bond motifs is 10. The van der Waals surface area contributed by atoms with Crippen molar-refractivity contribution in [2.45, 2.75) is 0 Å². The molecule has 4 aromatic heterocycles. The summed E-state index contributed by atoms with van der Waals surface area (Å²) in [4.78, 5) is 37.6. The van der Waals surface area contributed by atoms with Gasteiger partial charge in [0.2, 0.25) is 11.3 Å². The topological polar surface area (TPSA) is 89.5 Å². The third kappa shape index (κ3) is 7.07. The highest BCUT2D eigenvalue weighted by molar-refractivity contribution is 9.10. The highest BCUT2D eigenvalue weighted by atomic mass is 79.9. The average Bonchev–Trinajstić information content (AvgIpc) is 3.91. The van der Waals surface area contributed by atoms with Gasteiger partial charge < -0.3 is 4.98 Å². The molecule has 0 amide bonds. The Balaban J connectivity index is 0.000000121. The number of halogens is 1. The number of para-hydroxylation sites is 8. The van der Waals surface area contributed by atoms with E-state index in [1.54, 1.807) is 4.57 Å². The quantitative estimate of drug-likeness (QED) is 0.192. The van der Waals surface area contributed by atoms with E-state index in [1.807, 2.05) is 154 Å². The van der Waals surface area contributed by atoms with Gasteiger partial charge in [0.25, 0.3) is 11.1 Å². The zero-order valence-corrected chi connectivity index (χ0v) is 34.1. The number of aromatic nitrogens is 6. The standard InChI is InChI=1S/C26H17N3O.C14H9N3O.C12H9Br/c30-26-25-27-21-13-4-5-14-22(21)29(25)24-16-7-6-15-23(24)28(26)20-12-8-11-19(17-20)18-9-2-1-3-10-18;18-14-13-15-9-5-1-3-7-11(9)17(13)12-8-4-2-6-10(12)16-14;13-12-8-4-7-11(9-12)10-5-2-1-3-6-10/h1-17H;1-8H,(H,16,18);1-9H. The van der Waals surface area contributed by atoms with Crippen molar-refractivity contribution in [2.24, 2.45) is 0 Å². The highest BCUT2D eigenvalue weighted by Gasteiger charge is 2.17. The van der Waals surface area contributed by atoms with Gasteiger partial charge in [0.05, 0.1) is 49.8 Å². The van der Waals surface area contributed by atoms with Gasteiger partial charge in [-0.3, -0.25) is 23.0 Å². The molecule has 0 aliphatic rings. The Morgan fingerprint density at radius 2 is 0.885 bits per heavy atom. The Morgan fingerprint density at radius 3 is 1.52 bits per heavy atom. The molecule has 0 aliphatic heterocycles. The van der Waals surface area contributed by atoms with Gasteiger partial charge in [-0.2, -0.15) is 0 Å². The molecule has 0 saturated carbocycles. The molecule has 61 heavy (non-hydrogen) atoms. The molecule has 292 valence electrons. The third-order valence-corrected chi connectivity index (χ3v) is 11.1. The minimum atomic E-state index is -0.162. The van der Waals surface area contributed by atoms with Gasteiger partial charge in [-0.05, 0) is 95.1 Å². The molecule has 0 spiro atoms. The number of nitrogens with zero attached hydrogens (tertiary/aromatic N) is 5. The van der Waals surface area contributed by atoms with Crippen molar-refractivity contribution >= 4 is 71.4 Å². The minimum absolute atomic E-state index is 0.130. The van der Waals surface area contributed by atoms with Gasteiger partial charge in [0, 0.05) is 4.47 Å². The average molecular weight is 856 g/mol. The normalized spacial score (nSPS) is 11.2. The van der Waals surface area contributed by atoms with Crippen LogP contribution in [0.3, 0.4) is 0 Å². The van der Waals surface area contributed by atoms with E-state index in [1.165, 1.54) is 11.1 Å². The van der Waals surface area contributed by atoms with Crippen LogP contribution in [0.4, 0.5) is 0 Å². The second-order valence-corrected chi connectivity index (χ2v) is 15.3. The van der Waals surface area contributed by atoms with E-state index in [2.05, 4.69) is 91.5 Å². The third-order valence-electron chi connectivity index (χ3n) is 10.6. The Morgan fingerprint density at radius 1 is 0.410 bits per heavy atom. The largest absolute Gasteiger partial charge is 0.317 e. The fraction of sp³-hybridized carbons (Fsp3) is 0. The number of imidazole rings is 2. The van der Waals surface area contributed by atoms with Crippen molar-refractivity contribution in [3.63, 3.8) is 0 Å². The number of H-pyrrole nitrogens is 1. The monoisotopic (exact) mass is 854 g/mol. The number of benzene rings is 8. The van der Waals surface area contributed by atoms with E-state index in [0.29, 0.717) is 11.3 Å². The summed E-state index contributed by atoms with van der Waals surface area (Å²) >= 11 is 3.46. The first-order valence-electron chi connectivity index (χ1n) is 19.8. The van der Waals surface area contributed by atoms with Crippen molar-refractivity contribution in [3.8, 4) is 27.9 Å². The van der Waals surface area contributed by atoms with Crippen LogP contribution in [0.1, 0.15) is 0 Å². The summed E-state index contributed by atoms with van der Waals surface area (Å²) < 4.78 is 6.76. The molecule has 0 bridgehead atoms. The maximum absolute atomic E-state index is 13.6. The molecule has 0 aliphatic carbocycles. The number of hydrogen-bond donors (Lipinski definition) is 1. The maximum atomic E-state index is 13.6. The van der Waals surface area contributed by atoms with Crippen LogP contribution in [0.5, 0.6) is 0 Å². The van der Waals surface area contributed by atoms with Gasteiger partial charge in [-0.1, -0.05) is 149 Å². The molecular weight excluding hydrogens is 821 g/mol. The van der Waals surface area contributed by atoms with Crippen LogP contribution in [-0.2, 0) is 0 Å². The second-order valence-electron chi connectivity index (χ2n) is 14.4. The lowest BCUT2D eigenvalue weighted by molar-refractivity contribution is 1.02. The van der Waals surface area contributed by atoms with Crippen molar-refractivity contribution in [1.82, 2.24) is 28.3 Å². The van der Waals surface area contributed by atoms with Crippen molar-refractivity contribution in [2.75, 3.05) is 0 Å². The number of aromatic amines is 1. The molecule has 0 saturated heterocycles.